The molecule has 0 saturated carbocycles. The van der Waals surface area contributed by atoms with E-state index in [1.165, 1.54) is 4.90 Å². The summed E-state index contributed by atoms with van der Waals surface area (Å²) in [7, 11) is -3.00. The van der Waals surface area contributed by atoms with Gasteiger partial charge in [-0.25, -0.2) is 8.42 Å². The summed E-state index contributed by atoms with van der Waals surface area (Å²) in [6.07, 6.45) is 1.31. The lowest BCUT2D eigenvalue weighted by Gasteiger charge is -2.48. The number of hydrogen-bond donors (Lipinski definition) is 1. The molecule has 2 atom stereocenters. The molecular formula is C19H23N3O5S. The highest BCUT2D eigenvalue weighted by Crippen LogP contribution is 2.43. The van der Waals surface area contributed by atoms with Crippen molar-refractivity contribution < 1.29 is 22.8 Å². The van der Waals surface area contributed by atoms with Gasteiger partial charge in [-0.3, -0.25) is 19.3 Å². The predicted molar refractivity (Wildman–Crippen MR) is 102 cm³/mol. The zero-order valence-electron chi connectivity index (χ0n) is 15.7. The Labute approximate surface area is 163 Å². The lowest BCUT2D eigenvalue weighted by atomic mass is 9.98. The van der Waals surface area contributed by atoms with Gasteiger partial charge >= 0.3 is 0 Å². The number of fused-ring (bicyclic) bond motifs is 3. The van der Waals surface area contributed by atoms with Crippen LogP contribution in [0.2, 0.25) is 0 Å². The highest BCUT2D eigenvalue weighted by atomic mass is 32.2. The fourth-order valence-electron chi connectivity index (χ4n) is 4.43. The summed E-state index contributed by atoms with van der Waals surface area (Å²) in [6, 6.07) is 6.94. The molecule has 0 spiro atoms. The van der Waals surface area contributed by atoms with Crippen molar-refractivity contribution in [3.8, 4) is 0 Å². The van der Waals surface area contributed by atoms with Crippen molar-refractivity contribution in [1.82, 2.24) is 10.2 Å². The molecule has 0 aromatic heterocycles. The third-order valence-electron chi connectivity index (χ3n) is 5.96. The summed E-state index contributed by atoms with van der Waals surface area (Å²) in [6.45, 7) is 1.91. The molecule has 2 fully saturated rings. The van der Waals surface area contributed by atoms with Crippen LogP contribution in [0.1, 0.15) is 36.5 Å². The summed E-state index contributed by atoms with van der Waals surface area (Å²) in [5.74, 6) is -0.538. The van der Waals surface area contributed by atoms with E-state index >= 15 is 0 Å². The molecule has 0 bridgehead atoms. The Morgan fingerprint density at radius 1 is 1.29 bits per heavy atom. The van der Waals surface area contributed by atoms with E-state index in [1.54, 1.807) is 29.2 Å². The van der Waals surface area contributed by atoms with Crippen LogP contribution >= 0.6 is 0 Å². The van der Waals surface area contributed by atoms with Crippen molar-refractivity contribution in [2.45, 2.75) is 31.8 Å². The normalized spacial score (nSPS) is 28.2. The first kappa shape index (κ1) is 18.9. The molecule has 0 radical (unpaired) electrons. The number of sulfone groups is 1. The Balaban J connectivity index is 1.52. The maximum atomic E-state index is 13.1. The highest BCUT2D eigenvalue weighted by molar-refractivity contribution is 7.91. The molecule has 1 aromatic rings. The second kappa shape index (κ2) is 6.58. The van der Waals surface area contributed by atoms with Gasteiger partial charge in [0.1, 0.15) is 12.2 Å². The van der Waals surface area contributed by atoms with Crippen LogP contribution in [0.25, 0.3) is 0 Å². The van der Waals surface area contributed by atoms with Crippen molar-refractivity contribution in [3.05, 3.63) is 29.8 Å². The topological polar surface area (TPSA) is 104 Å². The van der Waals surface area contributed by atoms with Crippen molar-refractivity contribution in [2.75, 3.05) is 29.5 Å². The Hall–Kier alpha value is -2.42. The van der Waals surface area contributed by atoms with E-state index < -0.39 is 15.5 Å². The summed E-state index contributed by atoms with van der Waals surface area (Å²) in [5.41, 5.74) is 0.117. The molecule has 150 valence electrons. The Bertz CT molecular complexity index is 960. The lowest BCUT2D eigenvalue weighted by Crippen LogP contribution is -2.64. The predicted octanol–water partition coefficient (Wildman–Crippen LogP) is 0.536. The average molecular weight is 405 g/mol. The van der Waals surface area contributed by atoms with Crippen molar-refractivity contribution in [2.24, 2.45) is 5.92 Å². The molecule has 0 aliphatic carbocycles. The number of para-hydroxylation sites is 1. The summed E-state index contributed by atoms with van der Waals surface area (Å²) >= 11 is 0. The molecule has 9 heteroatoms. The smallest absolute Gasteiger partial charge is 0.258 e. The monoisotopic (exact) mass is 405 g/mol. The van der Waals surface area contributed by atoms with Crippen LogP contribution in [0.15, 0.2) is 24.3 Å². The summed E-state index contributed by atoms with van der Waals surface area (Å²) in [5, 5.41) is 2.76. The highest BCUT2D eigenvalue weighted by Gasteiger charge is 2.53. The van der Waals surface area contributed by atoms with E-state index in [4.69, 9.17) is 0 Å². The van der Waals surface area contributed by atoms with E-state index in [0.717, 1.165) is 0 Å². The van der Waals surface area contributed by atoms with E-state index in [2.05, 4.69) is 5.32 Å². The SMILES string of the molecule is CC12CCC(=O)N1c1ccccc1C(=O)N2CC(=O)NCC1CCS(=O)(=O)C1. The van der Waals surface area contributed by atoms with Crippen LogP contribution < -0.4 is 10.2 Å². The number of nitrogens with one attached hydrogen (secondary N) is 1. The van der Waals surface area contributed by atoms with Gasteiger partial charge in [-0.15, -0.1) is 0 Å². The Kier molecular flexibility index (Phi) is 4.45. The largest absolute Gasteiger partial charge is 0.354 e. The van der Waals surface area contributed by atoms with Gasteiger partial charge in [-0.1, -0.05) is 12.1 Å². The van der Waals surface area contributed by atoms with Gasteiger partial charge in [0.05, 0.1) is 22.8 Å². The molecule has 3 aliphatic rings. The molecule has 3 amide bonds. The minimum absolute atomic E-state index is 0.0657. The third kappa shape index (κ3) is 3.07. The van der Waals surface area contributed by atoms with Gasteiger partial charge in [0.15, 0.2) is 9.84 Å². The van der Waals surface area contributed by atoms with Crippen LogP contribution in [0, 0.1) is 5.92 Å². The Morgan fingerprint density at radius 2 is 2.04 bits per heavy atom. The summed E-state index contributed by atoms with van der Waals surface area (Å²) < 4.78 is 23.1. The average Bonchev–Trinajstić information content (AvgIpc) is 3.16. The second-order valence-corrected chi connectivity index (χ2v) is 10.2. The minimum atomic E-state index is -3.00. The van der Waals surface area contributed by atoms with Gasteiger partial charge in [0, 0.05) is 13.0 Å². The van der Waals surface area contributed by atoms with Crippen molar-refractivity contribution in [3.63, 3.8) is 0 Å². The number of nitrogens with zero attached hydrogens (tertiary/aromatic N) is 2. The van der Waals surface area contributed by atoms with Crippen LogP contribution in [-0.4, -0.2) is 61.3 Å². The van der Waals surface area contributed by atoms with Crippen LogP contribution in [0.5, 0.6) is 0 Å². The van der Waals surface area contributed by atoms with Gasteiger partial charge in [0.25, 0.3) is 5.91 Å². The minimum Gasteiger partial charge on any atom is -0.354 e. The fourth-order valence-corrected chi connectivity index (χ4v) is 6.29. The molecule has 1 N–H and O–H groups in total. The van der Waals surface area contributed by atoms with E-state index in [-0.39, 0.29) is 48.2 Å². The molecule has 2 saturated heterocycles. The molecule has 2 unspecified atom stereocenters. The maximum absolute atomic E-state index is 13.1. The number of hydrogen-bond acceptors (Lipinski definition) is 5. The quantitative estimate of drug-likeness (QED) is 0.787. The lowest BCUT2D eigenvalue weighted by molar-refractivity contribution is -0.124. The molecule has 3 aliphatic heterocycles. The molecule has 4 rings (SSSR count). The zero-order chi connectivity index (χ0) is 20.1. The first-order valence-corrected chi connectivity index (χ1v) is 11.2. The number of carbonyl (C=O) groups excluding carboxylic acids is 3. The molecule has 1 aromatic carbocycles. The number of anilines is 1. The van der Waals surface area contributed by atoms with Crippen molar-refractivity contribution >= 4 is 33.2 Å². The van der Waals surface area contributed by atoms with Crippen LogP contribution in [-0.2, 0) is 19.4 Å². The second-order valence-electron chi connectivity index (χ2n) is 7.93. The van der Waals surface area contributed by atoms with Crippen LogP contribution in [0.3, 0.4) is 0 Å². The molecule has 8 nitrogen and oxygen atoms in total. The first-order valence-electron chi connectivity index (χ1n) is 9.42. The van der Waals surface area contributed by atoms with E-state index in [9.17, 15) is 22.8 Å². The fraction of sp³-hybridized carbons (Fsp3) is 0.526. The number of carbonyl (C=O) groups is 3. The zero-order valence-corrected chi connectivity index (χ0v) is 16.5. The maximum Gasteiger partial charge on any atom is 0.258 e. The van der Waals surface area contributed by atoms with Gasteiger partial charge in [-0.05, 0) is 37.8 Å². The first-order chi connectivity index (χ1) is 13.2. The van der Waals surface area contributed by atoms with Crippen molar-refractivity contribution in [1.29, 1.82) is 0 Å². The van der Waals surface area contributed by atoms with E-state index in [1.807, 2.05) is 6.92 Å². The molecule has 28 heavy (non-hydrogen) atoms. The summed E-state index contributed by atoms with van der Waals surface area (Å²) in [4.78, 5) is 41.2. The van der Waals surface area contributed by atoms with E-state index in [0.29, 0.717) is 30.5 Å². The number of rotatable bonds is 4. The van der Waals surface area contributed by atoms with Gasteiger partial charge in [-0.2, -0.15) is 0 Å². The van der Waals surface area contributed by atoms with Gasteiger partial charge < -0.3 is 10.2 Å². The number of amides is 3. The molecule has 3 heterocycles. The van der Waals surface area contributed by atoms with Crippen LogP contribution in [0.4, 0.5) is 5.69 Å². The van der Waals surface area contributed by atoms with Gasteiger partial charge in [0.2, 0.25) is 11.8 Å². The molecular weight excluding hydrogens is 382 g/mol. The third-order valence-corrected chi connectivity index (χ3v) is 7.80. The number of benzene rings is 1. The standard InChI is InChI=1S/C19H23N3O5S/c1-19-8-6-17(24)22(19)15-5-3-2-4-14(15)18(25)21(19)11-16(23)20-10-13-7-9-28(26,27)12-13/h2-5,13H,6-12H2,1H3,(H,20,23). The Morgan fingerprint density at radius 3 is 2.75 bits per heavy atom.